The van der Waals surface area contributed by atoms with Crippen LogP contribution in [0.15, 0.2) is 18.2 Å². The van der Waals surface area contributed by atoms with Gasteiger partial charge in [0.25, 0.3) is 5.91 Å². The van der Waals surface area contributed by atoms with Crippen LogP contribution in [0.4, 0.5) is 0 Å². The molecule has 6 heteroatoms. The Morgan fingerprint density at radius 3 is 2.58 bits per heavy atom. The molecule has 0 radical (unpaired) electrons. The van der Waals surface area contributed by atoms with Crippen LogP contribution in [0.1, 0.15) is 18.4 Å². The number of likely N-dealkylation sites (N-methyl/N-ethyl adjacent to an activating group) is 1. The SMILES string of the molecule is COc1ccc(CN2C[C@@H]3[C@H](OCC4CC4)C(=O)N(C)[C@@H]3C2)cc1OC. The smallest absolute Gasteiger partial charge is 0.252 e. The van der Waals surface area contributed by atoms with Crippen LogP contribution in [0, 0.1) is 11.8 Å². The van der Waals surface area contributed by atoms with Crippen molar-refractivity contribution in [3.8, 4) is 11.5 Å². The number of amides is 1. The molecule has 0 spiro atoms. The Hall–Kier alpha value is -1.79. The minimum atomic E-state index is -0.263. The maximum absolute atomic E-state index is 12.5. The molecule has 1 aliphatic carbocycles. The van der Waals surface area contributed by atoms with E-state index in [2.05, 4.69) is 11.0 Å². The van der Waals surface area contributed by atoms with Crippen molar-refractivity contribution < 1.29 is 19.0 Å². The maximum atomic E-state index is 12.5. The van der Waals surface area contributed by atoms with Gasteiger partial charge in [0.05, 0.1) is 26.9 Å². The molecule has 3 aliphatic rings. The van der Waals surface area contributed by atoms with E-state index in [0.717, 1.165) is 37.7 Å². The number of likely N-dealkylation sites (tertiary alicyclic amines) is 2. The van der Waals surface area contributed by atoms with Gasteiger partial charge in [0.2, 0.25) is 0 Å². The lowest BCUT2D eigenvalue weighted by Crippen LogP contribution is -2.37. The molecule has 2 aliphatic heterocycles. The number of methoxy groups -OCH3 is 2. The van der Waals surface area contributed by atoms with E-state index in [1.165, 1.54) is 18.4 Å². The first kappa shape index (κ1) is 17.6. The van der Waals surface area contributed by atoms with Gasteiger partial charge in [-0.3, -0.25) is 9.69 Å². The topological polar surface area (TPSA) is 51.2 Å². The average Bonchev–Trinajstić information content (AvgIpc) is 3.35. The summed E-state index contributed by atoms with van der Waals surface area (Å²) >= 11 is 0. The third-order valence-electron chi connectivity index (χ3n) is 5.95. The number of nitrogens with zero attached hydrogens (tertiary/aromatic N) is 2. The van der Waals surface area contributed by atoms with E-state index in [4.69, 9.17) is 14.2 Å². The molecule has 0 N–H and O–H groups in total. The van der Waals surface area contributed by atoms with Gasteiger partial charge in [-0.25, -0.2) is 0 Å². The van der Waals surface area contributed by atoms with E-state index in [-0.39, 0.29) is 24.0 Å². The number of fused-ring (bicyclic) bond motifs is 1. The molecule has 26 heavy (non-hydrogen) atoms. The fourth-order valence-corrected chi connectivity index (χ4v) is 4.23. The predicted molar refractivity (Wildman–Crippen MR) is 97.3 cm³/mol. The summed E-state index contributed by atoms with van der Waals surface area (Å²) in [6.45, 7) is 3.36. The average molecular weight is 360 g/mol. The molecular weight excluding hydrogens is 332 g/mol. The molecule has 3 fully saturated rings. The van der Waals surface area contributed by atoms with Crippen molar-refractivity contribution >= 4 is 5.91 Å². The summed E-state index contributed by atoms with van der Waals surface area (Å²) in [4.78, 5) is 16.8. The second-order valence-electron chi connectivity index (χ2n) is 7.76. The molecule has 1 aromatic rings. The highest BCUT2D eigenvalue weighted by Crippen LogP contribution is 2.37. The Bertz CT molecular complexity index is 676. The van der Waals surface area contributed by atoms with Crippen LogP contribution in [-0.4, -0.2) is 68.8 Å². The fraction of sp³-hybridized carbons (Fsp3) is 0.650. The van der Waals surface area contributed by atoms with Gasteiger partial charge < -0.3 is 19.1 Å². The number of hydrogen-bond donors (Lipinski definition) is 0. The molecular formula is C20H28N2O4. The molecule has 142 valence electrons. The molecule has 4 rings (SSSR count). The van der Waals surface area contributed by atoms with Crippen LogP contribution in [0.3, 0.4) is 0 Å². The second kappa shape index (κ2) is 7.08. The molecule has 1 saturated carbocycles. The van der Waals surface area contributed by atoms with Gasteiger partial charge in [0.1, 0.15) is 6.10 Å². The van der Waals surface area contributed by atoms with Crippen molar-refractivity contribution in [3.05, 3.63) is 23.8 Å². The molecule has 1 aromatic carbocycles. The van der Waals surface area contributed by atoms with Crippen molar-refractivity contribution in [1.29, 1.82) is 0 Å². The Balaban J connectivity index is 1.42. The highest BCUT2D eigenvalue weighted by atomic mass is 16.5. The third kappa shape index (κ3) is 3.28. The van der Waals surface area contributed by atoms with Gasteiger partial charge in [-0.2, -0.15) is 0 Å². The van der Waals surface area contributed by atoms with Crippen LogP contribution in [0.2, 0.25) is 0 Å². The van der Waals surface area contributed by atoms with E-state index in [1.807, 2.05) is 24.1 Å². The van der Waals surface area contributed by atoms with Crippen molar-refractivity contribution in [1.82, 2.24) is 9.80 Å². The molecule has 0 bridgehead atoms. The molecule has 2 saturated heterocycles. The first-order chi connectivity index (χ1) is 12.6. The number of rotatable bonds is 7. The maximum Gasteiger partial charge on any atom is 0.252 e. The highest BCUT2D eigenvalue weighted by molar-refractivity contribution is 5.84. The largest absolute Gasteiger partial charge is 0.493 e. The van der Waals surface area contributed by atoms with Crippen molar-refractivity contribution in [2.24, 2.45) is 11.8 Å². The Morgan fingerprint density at radius 1 is 1.12 bits per heavy atom. The number of benzene rings is 1. The fourth-order valence-electron chi connectivity index (χ4n) is 4.23. The van der Waals surface area contributed by atoms with Crippen molar-refractivity contribution in [2.45, 2.75) is 31.5 Å². The van der Waals surface area contributed by atoms with Gasteiger partial charge in [-0.1, -0.05) is 6.07 Å². The minimum absolute atomic E-state index is 0.159. The number of hydrogen-bond acceptors (Lipinski definition) is 5. The standard InChI is InChI=1S/C20H28N2O4/c1-21-16-11-22(9-14-6-7-17(24-2)18(8-14)25-3)10-15(16)19(20(21)23)26-12-13-4-5-13/h6-8,13,15-16,19H,4-5,9-12H2,1-3H3/t15-,16+,19-/m0/s1. The minimum Gasteiger partial charge on any atom is -0.493 e. The lowest BCUT2D eigenvalue weighted by atomic mass is 10.0. The highest BCUT2D eigenvalue weighted by Gasteiger charge is 2.51. The molecule has 2 heterocycles. The zero-order chi connectivity index (χ0) is 18.3. The summed E-state index contributed by atoms with van der Waals surface area (Å²) in [5.74, 6) is 2.60. The summed E-state index contributed by atoms with van der Waals surface area (Å²) in [5, 5.41) is 0. The number of carbonyl (C=O) groups is 1. The molecule has 0 unspecified atom stereocenters. The molecule has 6 nitrogen and oxygen atoms in total. The zero-order valence-corrected chi connectivity index (χ0v) is 15.8. The second-order valence-corrected chi connectivity index (χ2v) is 7.76. The summed E-state index contributed by atoms with van der Waals surface area (Å²) in [6, 6.07) is 6.31. The van der Waals surface area contributed by atoms with Gasteiger partial charge in [0, 0.05) is 32.6 Å². The van der Waals surface area contributed by atoms with E-state index >= 15 is 0 Å². The van der Waals surface area contributed by atoms with Crippen molar-refractivity contribution in [2.75, 3.05) is 41.0 Å². The van der Waals surface area contributed by atoms with Gasteiger partial charge in [0.15, 0.2) is 11.5 Å². The van der Waals surface area contributed by atoms with E-state index in [9.17, 15) is 4.79 Å². The first-order valence-electron chi connectivity index (χ1n) is 9.42. The Kier molecular flexibility index (Phi) is 4.80. The number of carbonyl (C=O) groups excluding carboxylic acids is 1. The van der Waals surface area contributed by atoms with Crippen molar-refractivity contribution in [3.63, 3.8) is 0 Å². The van der Waals surface area contributed by atoms with E-state index in [1.54, 1.807) is 14.2 Å². The van der Waals surface area contributed by atoms with Gasteiger partial charge >= 0.3 is 0 Å². The van der Waals surface area contributed by atoms with Crippen LogP contribution < -0.4 is 9.47 Å². The van der Waals surface area contributed by atoms with Crippen LogP contribution in [0.25, 0.3) is 0 Å². The Morgan fingerprint density at radius 2 is 1.88 bits per heavy atom. The predicted octanol–water partition coefficient (Wildman–Crippen LogP) is 1.77. The lowest BCUT2D eigenvalue weighted by molar-refractivity contribution is -0.138. The monoisotopic (exact) mass is 360 g/mol. The van der Waals surface area contributed by atoms with Crippen LogP contribution >= 0.6 is 0 Å². The molecule has 3 atom stereocenters. The summed E-state index contributed by atoms with van der Waals surface area (Å²) in [6.07, 6.45) is 2.23. The number of ether oxygens (including phenoxy) is 3. The first-order valence-corrected chi connectivity index (χ1v) is 9.42. The summed E-state index contributed by atoms with van der Waals surface area (Å²) < 4.78 is 16.8. The third-order valence-corrected chi connectivity index (χ3v) is 5.95. The van der Waals surface area contributed by atoms with E-state index in [0.29, 0.717) is 5.92 Å². The Labute approximate surface area is 155 Å². The lowest BCUT2D eigenvalue weighted by Gasteiger charge is -2.22. The van der Waals surface area contributed by atoms with Crippen LogP contribution in [-0.2, 0) is 16.1 Å². The molecule has 0 aromatic heterocycles. The van der Waals surface area contributed by atoms with Crippen LogP contribution in [0.5, 0.6) is 11.5 Å². The summed E-state index contributed by atoms with van der Waals surface area (Å²) in [7, 11) is 5.22. The quantitative estimate of drug-likeness (QED) is 0.742. The van der Waals surface area contributed by atoms with Gasteiger partial charge in [-0.05, 0) is 36.5 Å². The van der Waals surface area contributed by atoms with Gasteiger partial charge in [-0.15, -0.1) is 0 Å². The normalized spacial score (nSPS) is 28.5. The summed E-state index contributed by atoms with van der Waals surface area (Å²) in [5.41, 5.74) is 1.19. The zero-order valence-electron chi connectivity index (χ0n) is 15.8. The molecule has 1 amide bonds. The van der Waals surface area contributed by atoms with E-state index < -0.39 is 0 Å².